The highest BCUT2D eigenvalue weighted by Crippen LogP contribution is 2.30. The minimum absolute atomic E-state index is 0.392. The number of nitrogens with one attached hydrogen (secondary N) is 2. The van der Waals surface area contributed by atoms with Gasteiger partial charge in [-0.15, -0.1) is 0 Å². The van der Waals surface area contributed by atoms with E-state index in [0.29, 0.717) is 79.5 Å². The molecule has 0 radical (unpaired) electrons. The first-order valence-corrected chi connectivity index (χ1v) is 12.6. The van der Waals surface area contributed by atoms with Crippen LogP contribution in [0.3, 0.4) is 0 Å². The van der Waals surface area contributed by atoms with E-state index in [4.69, 9.17) is 29.1 Å². The quantitative estimate of drug-likeness (QED) is 0.194. The van der Waals surface area contributed by atoms with Gasteiger partial charge in [0.1, 0.15) is 17.3 Å². The minimum Gasteiger partial charge on any atom is -0.493 e. The molecular formula is C30H35N3O5. The lowest BCUT2D eigenvalue weighted by Crippen LogP contribution is -2.41. The summed E-state index contributed by atoms with van der Waals surface area (Å²) in [5, 5.41) is 12.2. The molecule has 3 aromatic carbocycles. The second-order valence-electron chi connectivity index (χ2n) is 8.91. The van der Waals surface area contributed by atoms with E-state index in [2.05, 4.69) is 11.9 Å². The van der Waals surface area contributed by atoms with E-state index in [9.17, 15) is 0 Å². The molecule has 3 aromatic rings. The molecule has 2 N–H and O–H groups in total. The normalized spacial score (nSPS) is 13.0. The zero-order valence-corrected chi connectivity index (χ0v) is 22.2. The number of nitrogens with zero attached hydrogens (tertiary/aromatic N) is 1. The fourth-order valence-corrected chi connectivity index (χ4v) is 4.11. The Balaban J connectivity index is 1.45. The van der Waals surface area contributed by atoms with Crippen molar-refractivity contribution in [3.8, 4) is 23.0 Å². The molecule has 1 aliphatic heterocycles. The standard InChI is InChI=1S/C30H35N3O5/c1-21-5-8-24(9-6-21)38-25-10-11-27(26(20-25)30(31)33-14-17-36-18-15-33)32-22(2)37-16-13-23-7-12-28(34-3)29(19-23)35-4/h5-12,19-20,31-32H,2,13-18H2,1,3-4H3. The van der Waals surface area contributed by atoms with Crippen LogP contribution in [0, 0.1) is 12.3 Å². The van der Waals surface area contributed by atoms with E-state index < -0.39 is 0 Å². The molecule has 8 heteroatoms. The maximum Gasteiger partial charge on any atom is 0.183 e. The summed E-state index contributed by atoms with van der Waals surface area (Å²) < 4.78 is 28.1. The van der Waals surface area contributed by atoms with Gasteiger partial charge in [-0.2, -0.15) is 0 Å². The summed E-state index contributed by atoms with van der Waals surface area (Å²) in [6.45, 7) is 9.00. The van der Waals surface area contributed by atoms with Crippen molar-refractivity contribution >= 4 is 11.5 Å². The van der Waals surface area contributed by atoms with Gasteiger partial charge in [0.25, 0.3) is 0 Å². The molecule has 1 saturated heterocycles. The molecule has 4 rings (SSSR count). The van der Waals surface area contributed by atoms with Crippen molar-refractivity contribution in [3.63, 3.8) is 0 Å². The smallest absolute Gasteiger partial charge is 0.183 e. The van der Waals surface area contributed by atoms with E-state index in [1.807, 2.05) is 72.5 Å². The number of amidine groups is 1. The average molecular weight is 518 g/mol. The third-order valence-corrected chi connectivity index (χ3v) is 6.22. The summed E-state index contributed by atoms with van der Waals surface area (Å²) >= 11 is 0. The molecule has 0 aromatic heterocycles. The molecule has 0 atom stereocenters. The topological polar surface area (TPSA) is 85.3 Å². The number of rotatable bonds is 11. The van der Waals surface area contributed by atoms with Crippen LogP contribution >= 0.6 is 0 Å². The third-order valence-electron chi connectivity index (χ3n) is 6.22. The number of methoxy groups -OCH3 is 2. The zero-order chi connectivity index (χ0) is 26.9. The summed E-state index contributed by atoms with van der Waals surface area (Å²) in [7, 11) is 3.23. The molecule has 0 amide bonds. The van der Waals surface area contributed by atoms with Gasteiger partial charge in [0.15, 0.2) is 17.4 Å². The Morgan fingerprint density at radius 3 is 2.37 bits per heavy atom. The summed E-state index contributed by atoms with van der Waals surface area (Å²) in [5.74, 6) is 3.54. The van der Waals surface area contributed by atoms with E-state index in [1.165, 1.54) is 0 Å². The van der Waals surface area contributed by atoms with Crippen LogP contribution in [-0.4, -0.2) is 57.9 Å². The summed E-state index contributed by atoms with van der Waals surface area (Å²) in [5.41, 5.74) is 3.63. The van der Waals surface area contributed by atoms with Crippen LogP contribution in [0.15, 0.2) is 73.1 Å². The Bertz CT molecular complexity index is 1250. The van der Waals surface area contributed by atoms with Crippen LogP contribution in [0.1, 0.15) is 16.7 Å². The number of aryl methyl sites for hydroxylation is 1. The van der Waals surface area contributed by atoms with Crippen molar-refractivity contribution in [1.82, 2.24) is 4.90 Å². The number of benzene rings is 3. The number of anilines is 1. The molecule has 0 bridgehead atoms. The van der Waals surface area contributed by atoms with Gasteiger partial charge < -0.3 is 33.9 Å². The average Bonchev–Trinajstić information content (AvgIpc) is 2.95. The van der Waals surface area contributed by atoms with Crippen LogP contribution < -0.4 is 19.5 Å². The minimum atomic E-state index is 0.392. The van der Waals surface area contributed by atoms with Gasteiger partial charge in [0.2, 0.25) is 0 Å². The van der Waals surface area contributed by atoms with Crippen molar-refractivity contribution in [2.45, 2.75) is 13.3 Å². The highest BCUT2D eigenvalue weighted by Gasteiger charge is 2.19. The molecule has 200 valence electrons. The summed E-state index contributed by atoms with van der Waals surface area (Å²) in [4.78, 5) is 2.00. The zero-order valence-electron chi connectivity index (χ0n) is 22.2. The fourth-order valence-electron chi connectivity index (χ4n) is 4.11. The van der Waals surface area contributed by atoms with Crippen molar-refractivity contribution < 1.29 is 23.7 Å². The van der Waals surface area contributed by atoms with Gasteiger partial charge in [0.05, 0.1) is 39.7 Å². The van der Waals surface area contributed by atoms with Crippen molar-refractivity contribution in [2.24, 2.45) is 0 Å². The first-order valence-electron chi connectivity index (χ1n) is 12.6. The molecule has 0 spiro atoms. The second kappa shape index (κ2) is 12.9. The Morgan fingerprint density at radius 2 is 1.66 bits per heavy atom. The molecule has 1 heterocycles. The Hall–Kier alpha value is -4.17. The number of hydrogen-bond acceptors (Lipinski definition) is 7. The lowest BCUT2D eigenvalue weighted by Gasteiger charge is -2.30. The van der Waals surface area contributed by atoms with Crippen molar-refractivity contribution in [2.75, 3.05) is 52.4 Å². The predicted molar refractivity (Wildman–Crippen MR) is 149 cm³/mol. The molecule has 1 aliphatic rings. The Morgan fingerprint density at radius 1 is 0.947 bits per heavy atom. The molecule has 0 saturated carbocycles. The predicted octanol–water partition coefficient (Wildman–Crippen LogP) is 5.60. The molecule has 8 nitrogen and oxygen atoms in total. The third kappa shape index (κ3) is 6.98. The van der Waals surface area contributed by atoms with Gasteiger partial charge in [-0.25, -0.2) is 0 Å². The van der Waals surface area contributed by atoms with Gasteiger partial charge >= 0.3 is 0 Å². The van der Waals surface area contributed by atoms with Crippen molar-refractivity contribution in [1.29, 1.82) is 5.41 Å². The number of morpholine rings is 1. The Labute approximate surface area is 224 Å². The largest absolute Gasteiger partial charge is 0.493 e. The molecule has 0 aliphatic carbocycles. The van der Waals surface area contributed by atoms with Crippen LogP contribution in [0.25, 0.3) is 0 Å². The van der Waals surface area contributed by atoms with E-state index >= 15 is 0 Å². The van der Waals surface area contributed by atoms with E-state index in [0.717, 1.165) is 16.9 Å². The van der Waals surface area contributed by atoms with Gasteiger partial charge in [0, 0.05) is 25.1 Å². The first-order chi connectivity index (χ1) is 18.5. The first kappa shape index (κ1) is 26.9. The van der Waals surface area contributed by atoms with E-state index in [1.54, 1.807) is 14.2 Å². The number of ether oxygens (including phenoxy) is 5. The van der Waals surface area contributed by atoms with Crippen LogP contribution in [-0.2, 0) is 15.9 Å². The maximum absolute atomic E-state index is 8.92. The summed E-state index contributed by atoms with van der Waals surface area (Å²) in [6.07, 6.45) is 0.667. The monoisotopic (exact) mass is 517 g/mol. The summed E-state index contributed by atoms with van der Waals surface area (Å²) in [6, 6.07) is 19.3. The second-order valence-corrected chi connectivity index (χ2v) is 8.91. The van der Waals surface area contributed by atoms with E-state index in [-0.39, 0.29) is 0 Å². The maximum atomic E-state index is 8.92. The fraction of sp³-hybridized carbons (Fsp3) is 0.300. The number of hydrogen-bond donors (Lipinski definition) is 2. The van der Waals surface area contributed by atoms with Gasteiger partial charge in [-0.1, -0.05) is 23.8 Å². The van der Waals surface area contributed by atoms with Crippen LogP contribution in [0.2, 0.25) is 0 Å². The molecular weight excluding hydrogens is 482 g/mol. The lowest BCUT2D eigenvalue weighted by molar-refractivity contribution is 0.0680. The van der Waals surface area contributed by atoms with Crippen molar-refractivity contribution in [3.05, 3.63) is 89.8 Å². The van der Waals surface area contributed by atoms with Crippen LogP contribution in [0.4, 0.5) is 5.69 Å². The molecule has 1 fully saturated rings. The van der Waals surface area contributed by atoms with Gasteiger partial charge in [-0.05, 0) is 61.5 Å². The van der Waals surface area contributed by atoms with Gasteiger partial charge in [-0.3, -0.25) is 5.41 Å². The Kier molecular flexibility index (Phi) is 9.11. The lowest BCUT2D eigenvalue weighted by atomic mass is 10.1. The highest BCUT2D eigenvalue weighted by atomic mass is 16.5. The molecule has 0 unspecified atom stereocenters. The highest BCUT2D eigenvalue weighted by molar-refractivity contribution is 6.02. The van der Waals surface area contributed by atoms with Crippen LogP contribution in [0.5, 0.6) is 23.0 Å². The SMILES string of the molecule is C=C(Nc1ccc(Oc2ccc(C)cc2)cc1C(=N)N1CCOCC1)OCCc1ccc(OC)c(OC)c1. The molecule has 38 heavy (non-hydrogen) atoms.